The molecule has 2 aliphatic rings. The molecule has 0 unspecified atom stereocenters. The topological polar surface area (TPSA) is 69.4 Å². The second-order valence-corrected chi connectivity index (χ2v) is 5.53. The Balaban J connectivity index is 1.83. The second-order valence-electron chi connectivity index (χ2n) is 5.53. The lowest BCUT2D eigenvalue weighted by molar-refractivity contribution is -0.149. The van der Waals surface area contributed by atoms with Gasteiger partial charge in [0.2, 0.25) is 0 Å². The van der Waals surface area contributed by atoms with Gasteiger partial charge in [-0.3, -0.25) is 4.79 Å². The lowest BCUT2D eigenvalue weighted by atomic mass is 9.94. The van der Waals surface area contributed by atoms with Gasteiger partial charge in [0, 0.05) is 0 Å². The highest BCUT2D eigenvalue weighted by molar-refractivity contribution is 6.32. The Labute approximate surface area is 131 Å². The lowest BCUT2D eigenvalue weighted by Crippen LogP contribution is -2.26. The average Bonchev–Trinajstić information content (AvgIpc) is 3.03. The minimum Gasteiger partial charge on any atom is -0.420 e. The number of benzene rings is 2. The van der Waals surface area contributed by atoms with Crippen molar-refractivity contribution in [3.05, 3.63) is 63.7 Å². The van der Waals surface area contributed by atoms with Crippen molar-refractivity contribution in [1.82, 2.24) is 0 Å². The van der Waals surface area contributed by atoms with Crippen LogP contribution in [0.5, 0.6) is 0 Å². The first-order valence-corrected chi connectivity index (χ1v) is 7.30. The van der Waals surface area contributed by atoms with Crippen molar-refractivity contribution in [2.45, 2.75) is 6.42 Å². The van der Waals surface area contributed by atoms with E-state index in [1.54, 1.807) is 12.2 Å². The Kier molecular flexibility index (Phi) is 2.91. The largest absolute Gasteiger partial charge is 0.420 e. The van der Waals surface area contributed by atoms with Crippen molar-refractivity contribution in [2.75, 3.05) is 0 Å². The molecular formula is C19H13NO3. The number of esters is 1. The molecule has 0 saturated heterocycles. The lowest BCUT2D eigenvalue weighted by Gasteiger charge is -2.13. The zero-order valence-electron chi connectivity index (χ0n) is 12.2. The number of primary amides is 1. The normalized spacial score (nSPS) is 14.3. The third-order valence-corrected chi connectivity index (χ3v) is 4.18. The van der Waals surface area contributed by atoms with Crippen LogP contribution in [0.3, 0.4) is 0 Å². The van der Waals surface area contributed by atoms with Crippen LogP contribution in [-0.4, -0.2) is 11.9 Å². The molecule has 0 fully saturated rings. The summed E-state index contributed by atoms with van der Waals surface area (Å²) < 4.78 is 4.97. The molecule has 0 aliphatic heterocycles. The standard InChI is InChI=1S/C19H13NO3/c20-18(21)19(22)23-13-6-9-15-12(10-13)5-8-16-14-3-1-2-11(14)4-7-17(15)16/h1-8,10H,9H2,(H2,20,21). The van der Waals surface area contributed by atoms with E-state index >= 15 is 0 Å². The van der Waals surface area contributed by atoms with Crippen LogP contribution >= 0.6 is 0 Å². The number of nitrogens with two attached hydrogens (primary N) is 1. The minimum atomic E-state index is -1.10. The van der Waals surface area contributed by atoms with Crippen molar-refractivity contribution in [3.8, 4) is 0 Å². The predicted molar refractivity (Wildman–Crippen MR) is 88.2 cm³/mol. The van der Waals surface area contributed by atoms with E-state index < -0.39 is 11.9 Å². The van der Waals surface area contributed by atoms with Gasteiger partial charge in [-0.1, -0.05) is 42.5 Å². The number of rotatable bonds is 1. The van der Waals surface area contributed by atoms with E-state index in [9.17, 15) is 9.59 Å². The Bertz CT molecular complexity index is 1060. The van der Waals surface area contributed by atoms with Crippen LogP contribution in [-0.2, 0) is 20.7 Å². The average molecular weight is 303 g/mol. The first-order chi connectivity index (χ1) is 11.1. The maximum absolute atomic E-state index is 11.3. The first-order valence-electron chi connectivity index (χ1n) is 7.30. The molecule has 2 aromatic carbocycles. The second kappa shape index (κ2) is 4.95. The van der Waals surface area contributed by atoms with Crippen LogP contribution in [0.25, 0.3) is 29.0 Å². The van der Waals surface area contributed by atoms with Gasteiger partial charge >= 0.3 is 11.9 Å². The summed E-state index contributed by atoms with van der Waals surface area (Å²) in [6.07, 6.45) is 10.5. The summed E-state index contributed by atoms with van der Waals surface area (Å²) in [4.78, 5) is 22.1. The predicted octanol–water partition coefficient (Wildman–Crippen LogP) is 0.896. The molecule has 2 aromatic rings. The van der Waals surface area contributed by atoms with Gasteiger partial charge in [-0.15, -0.1) is 0 Å². The number of allylic oxidation sites excluding steroid dienone is 3. The highest BCUT2D eigenvalue weighted by atomic mass is 16.5. The first kappa shape index (κ1) is 13.5. The highest BCUT2D eigenvalue weighted by Crippen LogP contribution is 2.23. The molecule has 2 N–H and O–H groups in total. The van der Waals surface area contributed by atoms with E-state index in [2.05, 4.69) is 36.4 Å². The fourth-order valence-electron chi connectivity index (χ4n) is 3.11. The quantitative estimate of drug-likeness (QED) is 0.628. The molecule has 0 heterocycles. The van der Waals surface area contributed by atoms with E-state index in [0.717, 1.165) is 5.22 Å². The summed E-state index contributed by atoms with van der Waals surface area (Å²) in [5, 5.41) is 4.61. The number of ether oxygens (including phenoxy) is 1. The van der Waals surface area contributed by atoms with Gasteiger partial charge in [-0.25, -0.2) is 4.79 Å². The zero-order valence-corrected chi connectivity index (χ0v) is 12.2. The molecular weight excluding hydrogens is 290 g/mol. The number of fused-ring (bicyclic) bond motifs is 5. The van der Waals surface area contributed by atoms with Crippen molar-refractivity contribution in [2.24, 2.45) is 5.73 Å². The molecule has 2 aliphatic carbocycles. The van der Waals surface area contributed by atoms with Crippen molar-refractivity contribution >= 4 is 40.9 Å². The van der Waals surface area contributed by atoms with Crippen LogP contribution in [0.1, 0.15) is 11.1 Å². The molecule has 112 valence electrons. The third-order valence-electron chi connectivity index (χ3n) is 4.18. The van der Waals surface area contributed by atoms with Gasteiger partial charge in [0.25, 0.3) is 0 Å². The minimum absolute atomic E-state index is 0.357. The van der Waals surface area contributed by atoms with E-state index in [1.807, 2.05) is 6.07 Å². The molecule has 23 heavy (non-hydrogen) atoms. The van der Waals surface area contributed by atoms with Crippen LogP contribution in [0.4, 0.5) is 0 Å². The summed E-state index contributed by atoms with van der Waals surface area (Å²) in [5.41, 5.74) is 7.33. The summed E-state index contributed by atoms with van der Waals surface area (Å²) in [6, 6.07) is 8.32. The van der Waals surface area contributed by atoms with Gasteiger partial charge < -0.3 is 10.5 Å². The maximum Gasteiger partial charge on any atom is 0.401 e. The molecule has 0 bridgehead atoms. The molecule has 0 radical (unpaired) electrons. The molecule has 0 atom stereocenters. The number of amides is 1. The van der Waals surface area contributed by atoms with Crippen molar-refractivity contribution in [1.29, 1.82) is 0 Å². The fraction of sp³-hybridized carbons (Fsp3) is 0.0526. The monoisotopic (exact) mass is 303 g/mol. The van der Waals surface area contributed by atoms with Gasteiger partial charge in [-0.05, 0) is 50.9 Å². The van der Waals surface area contributed by atoms with Crippen LogP contribution in [0, 0.1) is 0 Å². The van der Waals surface area contributed by atoms with E-state index in [1.165, 1.54) is 27.1 Å². The number of carbonyl (C=O) groups excluding carboxylic acids is 2. The molecule has 4 heteroatoms. The molecule has 1 amide bonds. The number of hydrogen-bond donors (Lipinski definition) is 1. The van der Waals surface area contributed by atoms with E-state index in [0.29, 0.717) is 12.2 Å². The summed E-state index contributed by atoms with van der Waals surface area (Å²) in [7, 11) is 0. The van der Waals surface area contributed by atoms with Crippen LogP contribution in [0.2, 0.25) is 0 Å². The molecule has 4 rings (SSSR count). The summed E-state index contributed by atoms with van der Waals surface area (Å²) in [6.45, 7) is 0. The van der Waals surface area contributed by atoms with Crippen LogP contribution in [0.15, 0.2) is 42.2 Å². The number of carbonyl (C=O) groups is 2. The summed E-state index contributed by atoms with van der Waals surface area (Å²) in [5.74, 6) is -1.78. The zero-order chi connectivity index (χ0) is 16.0. The fourth-order valence-corrected chi connectivity index (χ4v) is 3.11. The Morgan fingerprint density at radius 3 is 2.65 bits per heavy atom. The summed E-state index contributed by atoms with van der Waals surface area (Å²) >= 11 is 0. The van der Waals surface area contributed by atoms with E-state index in [4.69, 9.17) is 10.5 Å². The van der Waals surface area contributed by atoms with Crippen molar-refractivity contribution < 1.29 is 14.3 Å². The van der Waals surface area contributed by atoms with Gasteiger partial charge in [0.15, 0.2) is 0 Å². The number of hydrogen-bond acceptors (Lipinski definition) is 3. The third kappa shape index (κ3) is 2.16. The smallest absolute Gasteiger partial charge is 0.401 e. The molecule has 0 aromatic heterocycles. The Morgan fingerprint density at radius 2 is 1.83 bits per heavy atom. The SMILES string of the molecule is NC(=O)C(=O)OC1=CCc2c(ccc3c4c(ccc23)=CC=C4)=C1. The van der Waals surface area contributed by atoms with Gasteiger partial charge in [-0.2, -0.15) is 0 Å². The Morgan fingerprint density at radius 1 is 1.04 bits per heavy atom. The van der Waals surface area contributed by atoms with E-state index in [-0.39, 0.29) is 0 Å². The van der Waals surface area contributed by atoms with Crippen molar-refractivity contribution in [3.63, 3.8) is 0 Å². The van der Waals surface area contributed by atoms with Gasteiger partial charge in [0.1, 0.15) is 5.76 Å². The molecule has 0 saturated carbocycles. The molecule has 0 spiro atoms. The molecule has 4 nitrogen and oxygen atoms in total. The Hall–Kier alpha value is -3.14. The van der Waals surface area contributed by atoms with Crippen LogP contribution < -0.4 is 16.2 Å². The van der Waals surface area contributed by atoms with Gasteiger partial charge in [0.05, 0.1) is 0 Å². The highest BCUT2D eigenvalue weighted by Gasteiger charge is 2.15. The maximum atomic E-state index is 11.3.